The summed E-state index contributed by atoms with van der Waals surface area (Å²) in [7, 11) is 0. The Morgan fingerprint density at radius 3 is 2.25 bits per heavy atom. The monoisotopic (exact) mass is 438 g/mol. The van der Waals surface area contributed by atoms with Crippen molar-refractivity contribution >= 4 is 17.4 Å². The molecule has 32 heavy (non-hydrogen) atoms. The van der Waals surface area contributed by atoms with Crippen LogP contribution in [0.1, 0.15) is 44.5 Å². The standard InChI is InChI=1S/C24H30N4O4/c1-5-17-18(22(30)28(25-17)24(2,3)4)19-20(26-11-13-32-14-12-26)23(31)27(21(19)29)15-16-9-7-6-8-10-16/h6-10,25H,5,11-15H2,1-4H3. The summed E-state index contributed by atoms with van der Waals surface area (Å²) in [6.45, 7) is 9.80. The van der Waals surface area contributed by atoms with E-state index in [2.05, 4.69) is 5.10 Å². The average molecular weight is 439 g/mol. The molecule has 0 spiro atoms. The van der Waals surface area contributed by atoms with Crippen LogP contribution in [0.2, 0.25) is 0 Å². The molecule has 0 bridgehead atoms. The molecule has 8 nitrogen and oxygen atoms in total. The van der Waals surface area contributed by atoms with Crippen molar-refractivity contribution in [1.29, 1.82) is 0 Å². The van der Waals surface area contributed by atoms with Crippen LogP contribution in [0, 0.1) is 0 Å². The highest BCUT2D eigenvalue weighted by molar-refractivity contribution is 6.35. The van der Waals surface area contributed by atoms with Gasteiger partial charge in [-0.3, -0.25) is 24.4 Å². The molecule has 1 aromatic carbocycles. The van der Waals surface area contributed by atoms with E-state index >= 15 is 0 Å². The van der Waals surface area contributed by atoms with Crippen molar-refractivity contribution in [2.24, 2.45) is 0 Å². The maximum Gasteiger partial charge on any atom is 0.278 e. The third-order valence-corrected chi connectivity index (χ3v) is 5.89. The zero-order valence-electron chi connectivity index (χ0n) is 19.1. The Morgan fingerprint density at radius 2 is 1.66 bits per heavy atom. The van der Waals surface area contributed by atoms with Crippen molar-refractivity contribution in [2.45, 2.75) is 46.2 Å². The third-order valence-electron chi connectivity index (χ3n) is 5.89. The normalized spacial score (nSPS) is 17.6. The number of morpholine rings is 1. The average Bonchev–Trinajstić information content (AvgIpc) is 3.23. The number of ether oxygens (including phenoxy) is 1. The first kappa shape index (κ1) is 22.1. The number of rotatable bonds is 5. The van der Waals surface area contributed by atoms with Crippen LogP contribution in [-0.2, 0) is 32.8 Å². The van der Waals surface area contributed by atoms with Crippen molar-refractivity contribution < 1.29 is 14.3 Å². The van der Waals surface area contributed by atoms with Crippen LogP contribution >= 0.6 is 0 Å². The topological polar surface area (TPSA) is 87.6 Å². The van der Waals surface area contributed by atoms with Crippen molar-refractivity contribution in [3.8, 4) is 0 Å². The van der Waals surface area contributed by atoms with Crippen LogP contribution in [0.3, 0.4) is 0 Å². The molecule has 1 aromatic heterocycles. The molecule has 1 fully saturated rings. The number of benzene rings is 1. The van der Waals surface area contributed by atoms with Gasteiger partial charge in [0.25, 0.3) is 17.4 Å². The van der Waals surface area contributed by atoms with Gasteiger partial charge in [-0.1, -0.05) is 37.3 Å². The van der Waals surface area contributed by atoms with E-state index in [1.54, 1.807) is 4.68 Å². The summed E-state index contributed by atoms with van der Waals surface area (Å²) in [5.41, 5.74) is 1.56. The van der Waals surface area contributed by atoms with E-state index in [0.29, 0.717) is 49.7 Å². The number of amides is 2. The lowest BCUT2D eigenvalue weighted by Crippen LogP contribution is -2.40. The second-order valence-corrected chi connectivity index (χ2v) is 9.14. The van der Waals surface area contributed by atoms with E-state index in [1.807, 2.05) is 62.9 Å². The van der Waals surface area contributed by atoms with Crippen LogP contribution in [0.15, 0.2) is 40.8 Å². The number of hydrogen-bond acceptors (Lipinski definition) is 5. The molecule has 170 valence electrons. The summed E-state index contributed by atoms with van der Waals surface area (Å²) in [4.78, 5) is 43.9. The first-order valence-electron chi connectivity index (χ1n) is 11.1. The number of nitrogens with zero attached hydrogens (tertiary/aromatic N) is 3. The Morgan fingerprint density at radius 1 is 1.00 bits per heavy atom. The molecule has 0 radical (unpaired) electrons. The summed E-state index contributed by atoms with van der Waals surface area (Å²) in [5, 5.41) is 3.18. The van der Waals surface area contributed by atoms with E-state index < -0.39 is 11.4 Å². The second-order valence-electron chi connectivity index (χ2n) is 9.14. The highest BCUT2D eigenvalue weighted by Crippen LogP contribution is 2.33. The van der Waals surface area contributed by atoms with E-state index in [4.69, 9.17) is 4.74 Å². The zero-order chi connectivity index (χ0) is 23.0. The predicted octanol–water partition coefficient (Wildman–Crippen LogP) is 2.11. The van der Waals surface area contributed by atoms with Crippen molar-refractivity contribution in [1.82, 2.24) is 19.6 Å². The molecule has 1 N–H and O–H groups in total. The molecule has 0 unspecified atom stereocenters. The molecular formula is C24H30N4O4. The molecule has 1 saturated heterocycles. The largest absolute Gasteiger partial charge is 0.378 e. The number of aryl methyl sites for hydroxylation is 1. The lowest BCUT2D eigenvalue weighted by molar-refractivity contribution is -0.138. The summed E-state index contributed by atoms with van der Waals surface area (Å²) in [5.74, 6) is -0.784. The number of nitrogens with one attached hydrogen (secondary N) is 1. The number of imide groups is 1. The van der Waals surface area contributed by atoms with Gasteiger partial charge in [0.1, 0.15) is 5.70 Å². The molecular weight excluding hydrogens is 408 g/mol. The highest BCUT2D eigenvalue weighted by atomic mass is 16.5. The number of carbonyl (C=O) groups is 2. The van der Waals surface area contributed by atoms with Gasteiger partial charge in [-0.2, -0.15) is 0 Å². The van der Waals surface area contributed by atoms with Gasteiger partial charge in [0, 0.05) is 18.8 Å². The summed E-state index contributed by atoms with van der Waals surface area (Å²) in [6.07, 6.45) is 0.535. The van der Waals surface area contributed by atoms with Crippen LogP contribution < -0.4 is 5.56 Å². The fourth-order valence-electron chi connectivity index (χ4n) is 4.25. The minimum atomic E-state index is -0.492. The Bertz CT molecular complexity index is 1120. The van der Waals surface area contributed by atoms with Crippen molar-refractivity contribution in [3.05, 3.63) is 63.2 Å². The van der Waals surface area contributed by atoms with Crippen LogP contribution in [-0.4, -0.2) is 57.7 Å². The van der Waals surface area contributed by atoms with E-state index in [1.165, 1.54) is 4.90 Å². The SMILES string of the molecule is CCc1[nH]n(C(C)(C)C)c(=O)c1C1=C(N2CCOCC2)C(=O)N(Cc2ccccc2)C1=O. The van der Waals surface area contributed by atoms with Gasteiger partial charge in [0.15, 0.2) is 0 Å². The van der Waals surface area contributed by atoms with Crippen molar-refractivity contribution in [2.75, 3.05) is 26.3 Å². The first-order valence-corrected chi connectivity index (χ1v) is 11.1. The van der Waals surface area contributed by atoms with Gasteiger partial charge in [-0.25, -0.2) is 4.68 Å². The van der Waals surface area contributed by atoms with Gasteiger partial charge in [0.05, 0.1) is 36.4 Å². The van der Waals surface area contributed by atoms with Crippen LogP contribution in [0.25, 0.3) is 5.57 Å². The number of aromatic nitrogens is 2. The lowest BCUT2D eigenvalue weighted by atomic mass is 10.0. The molecule has 8 heteroatoms. The second kappa shape index (κ2) is 8.43. The Balaban J connectivity index is 1.87. The van der Waals surface area contributed by atoms with E-state index in [-0.39, 0.29) is 23.6 Å². The van der Waals surface area contributed by atoms with Gasteiger partial charge >= 0.3 is 0 Å². The predicted molar refractivity (Wildman–Crippen MR) is 121 cm³/mol. The van der Waals surface area contributed by atoms with Gasteiger partial charge in [-0.05, 0) is 32.8 Å². The van der Waals surface area contributed by atoms with Gasteiger partial charge in [0.2, 0.25) is 0 Å². The molecule has 0 atom stereocenters. The molecule has 2 aliphatic heterocycles. The lowest BCUT2D eigenvalue weighted by Gasteiger charge is -2.29. The zero-order valence-corrected chi connectivity index (χ0v) is 19.1. The van der Waals surface area contributed by atoms with Gasteiger partial charge in [-0.15, -0.1) is 0 Å². The summed E-state index contributed by atoms with van der Waals surface area (Å²) < 4.78 is 7.00. The first-order chi connectivity index (χ1) is 15.2. The maximum absolute atomic E-state index is 13.7. The minimum Gasteiger partial charge on any atom is -0.378 e. The van der Waals surface area contributed by atoms with Crippen molar-refractivity contribution in [3.63, 3.8) is 0 Å². The number of aromatic amines is 1. The smallest absolute Gasteiger partial charge is 0.278 e. The number of H-pyrrole nitrogens is 1. The Labute approximate surface area is 187 Å². The quantitative estimate of drug-likeness (QED) is 0.723. The molecule has 2 aromatic rings. The van der Waals surface area contributed by atoms with Gasteiger partial charge < -0.3 is 9.64 Å². The fourth-order valence-corrected chi connectivity index (χ4v) is 4.25. The summed E-state index contributed by atoms with van der Waals surface area (Å²) >= 11 is 0. The molecule has 3 heterocycles. The molecule has 0 aliphatic carbocycles. The third kappa shape index (κ3) is 3.79. The number of hydrogen-bond donors (Lipinski definition) is 1. The van der Waals surface area contributed by atoms with E-state index in [9.17, 15) is 14.4 Å². The number of carbonyl (C=O) groups excluding carboxylic acids is 2. The van der Waals surface area contributed by atoms with Crippen LogP contribution in [0.5, 0.6) is 0 Å². The molecule has 2 aliphatic rings. The maximum atomic E-state index is 13.7. The molecule has 2 amide bonds. The van der Waals surface area contributed by atoms with E-state index in [0.717, 1.165) is 5.56 Å². The Kier molecular flexibility index (Phi) is 5.81. The highest BCUT2D eigenvalue weighted by Gasteiger charge is 2.44. The molecule has 4 rings (SSSR count). The van der Waals surface area contributed by atoms with Crippen LogP contribution in [0.4, 0.5) is 0 Å². The fraction of sp³-hybridized carbons (Fsp3) is 0.458. The minimum absolute atomic E-state index is 0.162. The molecule has 0 saturated carbocycles. The summed E-state index contributed by atoms with van der Waals surface area (Å²) in [6, 6.07) is 9.41. The Hall–Kier alpha value is -3.13.